The highest BCUT2D eigenvalue weighted by Gasteiger charge is 2.21. The molecule has 0 saturated heterocycles. The first-order chi connectivity index (χ1) is 9.23. The number of aryl methyl sites for hydroxylation is 1. The van der Waals surface area contributed by atoms with Gasteiger partial charge in [-0.1, -0.05) is 25.1 Å². The van der Waals surface area contributed by atoms with Gasteiger partial charge in [0.15, 0.2) is 5.78 Å². The second-order valence-electron chi connectivity index (χ2n) is 5.79. The molecule has 1 unspecified atom stereocenters. The summed E-state index contributed by atoms with van der Waals surface area (Å²) in [6.07, 6.45) is 0.291. The van der Waals surface area contributed by atoms with E-state index in [0.29, 0.717) is 5.56 Å². The number of rotatable bonds is 4. The summed E-state index contributed by atoms with van der Waals surface area (Å²) in [7, 11) is 0. The molecule has 0 saturated carbocycles. The normalized spacial score (nSPS) is 12.7. The third-order valence-electron chi connectivity index (χ3n) is 2.75. The summed E-state index contributed by atoms with van der Waals surface area (Å²) >= 11 is 0. The van der Waals surface area contributed by atoms with Gasteiger partial charge in [0.25, 0.3) is 0 Å². The van der Waals surface area contributed by atoms with Crippen molar-refractivity contribution in [2.24, 2.45) is 0 Å². The molecule has 0 aromatic heterocycles. The molecule has 1 rings (SSSR count). The molecule has 1 N–H and O–H groups in total. The number of hydrogen-bond donors (Lipinski definition) is 1. The number of ether oxygens (including phenoxy) is 1. The van der Waals surface area contributed by atoms with Crippen molar-refractivity contribution in [1.29, 1.82) is 0 Å². The average Bonchev–Trinajstić information content (AvgIpc) is 2.35. The molecule has 0 radical (unpaired) electrons. The second-order valence-corrected chi connectivity index (χ2v) is 5.79. The van der Waals surface area contributed by atoms with Crippen LogP contribution in [0.25, 0.3) is 0 Å². The van der Waals surface area contributed by atoms with Crippen LogP contribution in [0, 0.1) is 0 Å². The Balaban J connectivity index is 2.69. The number of benzene rings is 1. The van der Waals surface area contributed by atoms with Gasteiger partial charge in [-0.3, -0.25) is 4.79 Å². The van der Waals surface area contributed by atoms with Gasteiger partial charge in [0, 0.05) is 5.56 Å². The van der Waals surface area contributed by atoms with E-state index in [1.54, 1.807) is 33.8 Å². The Morgan fingerprint density at radius 1 is 1.30 bits per heavy atom. The highest BCUT2D eigenvalue weighted by Crippen LogP contribution is 2.10. The Hall–Kier alpha value is -1.84. The minimum absolute atomic E-state index is 0.119. The molecule has 0 bridgehead atoms. The number of carbonyl (C=O) groups excluding carboxylic acids is 2. The molecule has 0 aliphatic heterocycles. The SMILES string of the molecule is CCc1cccc(C(=O)C(C)NC(=O)OC(C)(C)C)c1. The van der Waals surface area contributed by atoms with Crippen LogP contribution >= 0.6 is 0 Å². The van der Waals surface area contributed by atoms with Crippen LogP contribution in [0.3, 0.4) is 0 Å². The number of alkyl carbamates (subject to hydrolysis) is 1. The number of hydrogen-bond acceptors (Lipinski definition) is 3. The summed E-state index contributed by atoms with van der Waals surface area (Å²) in [6.45, 7) is 9.04. The maximum atomic E-state index is 12.2. The van der Waals surface area contributed by atoms with Crippen LogP contribution in [0.2, 0.25) is 0 Å². The molecular weight excluding hydrogens is 254 g/mol. The smallest absolute Gasteiger partial charge is 0.408 e. The van der Waals surface area contributed by atoms with E-state index in [0.717, 1.165) is 12.0 Å². The third-order valence-corrected chi connectivity index (χ3v) is 2.75. The van der Waals surface area contributed by atoms with E-state index in [4.69, 9.17) is 4.74 Å². The maximum Gasteiger partial charge on any atom is 0.408 e. The van der Waals surface area contributed by atoms with Crippen molar-refractivity contribution >= 4 is 11.9 Å². The van der Waals surface area contributed by atoms with Gasteiger partial charge in [-0.25, -0.2) is 4.79 Å². The summed E-state index contributed by atoms with van der Waals surface area (Å²) in [6, 6.07) is 6.83. The largest absolute Gasteiger partial charge is 0.444 e. The van der Waals surface area contributed by atoms with Crippen LogP contribution in [-0.4, -0.2) is 23.5 Å². The molecule has 4 nitrogen and oxygen atoms in total. The quantitative estimate of drug-likeness (QED) is 0.859. The van der Waals surface area contributed by atoms with E-state index in [1.165, 1.54) is 0 Å². The molecule has 110 valence electrons. The third kappa shape index (κ3) is 5.03. The fourth-order valence-electron chi connectivity index (χ4n) is 1.74. The van der Waals surface area contributed by atoms with Crippen molar-refractivity contribution in [2.45, 2.75) is 52.7 Å². The van der Waals surface area contributed by atoms with Crippen molar-refractivity contribution in [3.05, 3.63) is 35.4 Å². The standard InChI is InChI=1S/C16H23NO3/c1-6-12-8-7-9-13(10-12)14(18)11(2)17-15(19)20-16(3,4)5/h7-11H,6H2,1-5H3,(H,17,19). The van der Waals surface area contributed by atoms with Crippen molar-refractivity contribution < 1.29 is 14.3 Å². The van der Waals surface area contributed by atoms with Crippen LogP contribution in [0.4, 0.5) is 4.79 Å². The van der Waals surface area contributed by atoms with Gasteiger partial charge >= 0.3 is 6.09 Å². The zero-order valence-electron chi connectivity index (χ0n) is 12.8. The first kappa shape index (κ1) is 16.2. The van der Waals surface area contributed by atoms with Gasteiger partial charge in [0.05, 0.1) is 6.04 Å². The zero-order chi connectivity index (χ0) is 15.3. The van der Waals surface area contributed by atoms with Crippen molar-refractivity contribution in [3.8, 4) is 0 Å². The minimum atomic E-state index is -0.614. The van der Waals surface area contributed by atoms with Crippen molar-refractivity contribution in [3.63, 3.8) is 0 Å². The van der Waals surface area contributed by atoms with E-state index >= 15 is 0 Å². The second kappa shape index (κ2) is 6.55. The fourth-order valence-corrected chi connectivity index (χ4v) is 1.74. The molecule has 0 spiro atoms. The minimum Gasteiger partial charge on any atom is -0.444 e. The van der Waals surface area contributed by atoms with Gasteiger partial charge in [0.1, 0.15) is 5.60 Å². The highest BCUT2D eigenvalue weighted by atomic mass is 16.6. The molecule has 1 atom stereocenters. The van der Waals surface area contributed by atoms with Crippen LogP contribution in [0.15, 0.2) is 24.3 Å². The highest BCUT2D eigenvalue weighted by molar-refractivity contribution is 6.01. The van der Waals surface area contributed by atoms with E-state index in [1.807, 2.05) is 25.1 Å². The maximum absolute atomic E-state index is 12.2. The average molecular weight is 277 g/mol. The van der Waals surface area contributed by atoms with E-state index < -0.39 is 17.7 Å². The number of Topliss-reactive ketones (excluding diaryl/α,β-unsaturated/α-hetero) is 1. The molecule has 0 aliphatic carbocycles. The molecule has 0 fully saturated rings. The van der Waals surface area contributed by atoms with Crippen molar-refractivity contribution in [1.82, 2.24) is 5.32 Å². The summed E-state index contributed by atoms with van der Waals surface area (Å²) < 4.78 is 5.14. The Morgan fingerprint density at radius 2 is 1.95 bits per heavy atom. The van der Waals surface area contributed by atoms with Crippen LogP contribution in [-0.2, 0) is 11.2 Å². The monoisotopic (exact) mass is 277 g/mol. The van der Waals surface area contributed by atoms with Crippen LogP contribution in [0.5, 0.6) is 0 Å². The molecule has 1 aromatic rings. The van der Waals surface area contributed by atoms with Gasteiger partial charge in [-0.05, 0) is 45.7 Å². The molecular formula is C16H23NO3. The molecule has 0 heterocycles. The first-order valence-electron chi connectivity index (χ1n) is 6.85. The van der Waals surface area contributed by atoms with Gasteiger partial charge < -0.3 is 10.1 Å². The molecule has 1 amide bonds. The molecule has 0 aliphatic rings. The predicted molar refractivity (Wildman–Crippen MR) is 79.0 cm³/mol. The number of carbonyl (C=O) groups is 2. The predicted octanol–water partition coefficient (Wildman–Crippen LogP) is 3.34. The number of ketones is 1. The molecule has 20 heavy (non-hydrogen) atoms. The van der Waals surface area contributed by atoms with E-state index in [-0.39, 0.29) is 5.78 Å². The molecule has 4 heteroatoms. The zero-order valence-corrected chi connectivity index (χ0v) is 12.8. The van der Waals surface area contributed by atoms with Gasteiger partial charge in [-0.2, -0.15) is 0 Å². The fraction of sp³-hybridized carbons (Fsp3) is 0.500. The summed E-state index contributed by atoms with van der Waals surface area (Å²) in [4.78, 5) is 23.9. The Kier molecular flexibility index (Phi) is 5.31. The summed E-state index contributed by atoms with van der Waals surface area (Å²) in [5.41, 5.74) is 1.13. The topological polar surface area (TPSA) is 55.4 Å². The van der Waals surface area contributed by atoms with E-state index in [9.17, 15) is 9.59 Å². The Bertz CT molecular complexity index is 489. The Labute approximate surface area is 120 Å². The van der Waals surface area contributed by atoms with Crippen molar-refractivity contribution in [2.75, 3.05) is 0 Å². The van der Waals surface area contributed by atoms with Crippen LogP contribution in [0.1, 0.15) is 50.5 Å². The van der Waals surface area contributed by atoms with Crippen LogP contribution < -0.4 is 5.32 Å². The Morgan fingerprint density at radius 3 is 2.50 bits per heavy atom. The van der Waals surface area contributed by atoms with Gasteiger partial charge in [0.2, 0.25) is 0 Å². The lowest BCUT2D eigenvalue weighted by Crippen LogP contribution is -2.41. The lowest BCUT2D eigenvalue weighted by molar-refractivity contribution is 0.0497. The number of amides is 1. The number of nitrogens with one attached hydrogen (secondary N) is 1. The van der Waals surface area contributed by atoms with Gasteiger partial charge in [-0.15, -0.1) is 0 Å². The lowest BCUT2D eigenvalue weighted by atomic mass is 10.0. The summed E-state index contributed by atoms with van der Waals surface area (Å²) in [5.74, 6) is -0.119. The first-order valence-corrected chi connectivity index (χ1v) is 6.85. The molecule has 1 aromatic carbocycles. The lowest BCUT2D eigenvalue weighted by Gasteiger charge is -2.21. The van der Waals surface area contributed by atoms with E-state index in [2.05, 4.69) is 5.32 Å². The summed E-state index contributed by atoms with van der Waals surface area (Å²) in [5, 5.41) is 2.56.